The van der Waals surface area contributed by atoms with Gasteiger partial charge in [-0.25, -0.2) is 13.1 Å². The number of hydrogen-bond acceptors (Lipinski definition) is 5. The van der Waals surface area contributed by atoms with Crippen LogP contribution in [0.15, 0.2) is 27.5 Å². The van der Waals surface area contributed by atoms with Gasteiger partial charge in [0.25, 0.3) is 5.91 Å². The molecule has 1 aromatic heterocycles. The maximum Gasteiger partial charge on any atom is 0.287 e. The maximum absolute atomic E-state index is 12.7. The molecule has 1 fully saturated rings. The van der Waals surface area contributed by atoms with Crippen molar-refractivity contribution in [1.82, 2.24) is 14.9 Å². The summed E-state index contributed by atoms with van der Waals surface area (Å²) < 4.78 is 33.8. The Kier molecular flexibility index (Phi) is 6.97. The maximum atomic E-state index is 12.7. The smallest absolute Gasteiger partial charge is 0.287 e. The highest BCUT2D eigenvalue weighted by Crippen LogP contribution is 2.28. The first-order valence-electron chi connectivity index (χ1n) is 10.4. The van der Waals surface area contributed by atoms with Crippen LogP contribution in [0, 0.1) is 6.92 Å². The second kappa shape index (κ2) is 9.28. The molecule has 8 heteroatoms. The minimum Gasteiger partial charge on any atom is -0.451 e. The van der Waals surface area contributed by atoms with Gasteiger partial charge in [0.15, 0.2) is 5.76 Å². The highest BCUT2D eigenvalue weighted by molar-refractivity contribution is 7.89. The van der Waals surface area contributed by atoms with E-state index in [9.17, 15) is 13.2 Å². The van der Waals surface area contributed by atoms with Gasteiger partial charge in [0.2, 0.25) is 10.0 Å². The van der Waals surface area contributed by atoms with Crippen LogP contribution in [-0.2, 0) is 10.0 Å². The Balaban J connectivity index is 1.74. The number of amides is 1. The number of likely N-dealkylation sites (tertiary alicyclic amines) is 1. The highest BCUT2D eigenvalue weighted by Gasteiger charge is 2.22. The Morgan fingerprint density at radius 3 is 2.66 bits per heavy atom. The number of fused-ring (bicyclic) bond motifs is 1. The van der Waals surface area contributed by atoms with Crippen LogP contribution in [0.3, 0.4) is 0 Å². The third-order valence-corrected chi connectivity index (χ3v) is 7.04. The van der Waals surface area contributed by atoms with E-state index in [4.69, 9.17) is 4.42 Å². The largest absolute Gasteiger partial charge is 0.451 e. The Labute approximate surface area is 172 Å². The van der Waals surface area contributed by atoms with Gasteiger partial charge < -0.3 is 14.6 Å². The second-order valence-electron chi connectivity index (χ2n) is 7.80. The first-order valence-corrected chi connectivity index (χ1v) is 11.9. The molecule has 2 heterocycles. The Morgan fingerprint density at radius 1 is 1.24 bits per heavy atom. The third-order valence-electron chi connectivity index (χ3n) is 5.58. The molecule has 1 amide bonds. The fourth-order valence-corrected chi connectivity index (χ4v) is 4.63. The summed E-state index contributed by atoms with van der Waals surface area (Å²) in [5, 5.41) is 3.52. The minimum atomic E-state index is -3.62. The molecule has 2 aromatic rings. The normalized spacial score (nSPS) is 16.8. The monoisotopic (exact) mass is 421 g/mol. The lowest BCUT2D eigenvalue weighted by Gasteiger charge is -2.26. The van der Waals surface area contributed by atoms with Gasteiger partial charge in [0.05, 0.1) is 4.90 Å². The summed E-state index contributed by atoms with van der Waals surface area (Å²) in [6.45, 7) is 8.85. The van der Waals surface area contributed by atoms with Crippen molar-refractivity contribution in [2.45, 2.75) is 57.4 Å². The van der Waals surface area contributed by atoms with E-state index in [1.807, 2.05) is 13.8 Å². The number of furan rings is 1. The van der Waals surface area contributed by atoms with Crippen molar-refractivity contribution in [3.8, 4) is 0 Å². The molecule has 1 aliphatic rings. The van der Waals surface area contributed by atoms with Crippen molar-refractivity contribution >= 4 is 26.9 Å². The van der Waals surface area contributed by atoms with E-state index in [2.05, 4.69) is 14.9 Å². The van der Waals surface area contributed by atoms with Gasteiger partial charge in [0.1, 0.15) is 5.58 Å². The number of sulfonamides is 1. The first-order chi connectivity index (χ1) is 13.8. The Bertz CT molecular complexity index is 962. The standard InChI is InChI=1S/C21H31N3O4S/c1-4-15(2)23-21(25)20-16(3)18-14-17(8-9-19(18)28-20)29(26,27)22-10-13-24-11-6-5-7-12-24/h8-9,14-15,22H,4-7,10-13H2,1-3H3,(H,23,25). The molecule has 1 saturated heterocycles. The lowest BCUT2D eigenvalue weighted by atomic mass is 10.1. The number of carbonyl (C=O) groups excluding carboxylic acids is 1. The van der Waals surface area contributed by atoms with E-state index in [1.165, 1.54) is 25.3 Å². The summed E-state index contributed by atoms with van der Waals surface area (Å²) in [6.07, 6.45) is 4.42. The number of nitrogens with one attached hydrogen (secondary N) is 2. The first kappa shape index (κ1) is 21.8. The molecule has 3 rings (SSSR count). The van der Waals surface area contributed by atoms with Crippen LogP contribution in [0.4, 0.5) is 0 Å². The van der Waals surface area contributed by atoms with Crippen molar-refractivity contribution in [3.63, 3.8) is 0 Å². The third kappa shape index (κ3) is 5.18. The van der Waals surface area contributed by atoms with Crippen molar-refractivity contribution in [2.24, 2.45) is 0 Å². The molecule has 1 aliphatic heterocycles. The summed E-state index contributed by atoms with van der Waals surface area (Å²) in [5.41, 5.74) is 1.15. The van der Waals surface area contributed by atoms with E-state index in [0.29, 0.717) is 29.6 Å². The molecule has 0 radical (unpaired) electrons. The van der Waals surface area contributed by atoms with Crippen LogP contribution in [0.5, 0.6) is 0 Å². The topological polar surface area (TPSA) is 91.6 Å². The van der Waals surface area contributed by atoms with Crippen LogP contribution in [0.25, 0.3) is 11.0 Å². The lowest BCUT2D eigenvalue weighted by Crippen LogP contribution is -2.37. The van der Waals surface area contributed by atoms with E-state index < -0.39 is 10.0 Å². The predicted molar refractivity (Wildman–Crippen MR) is 114 cm³/mol. The summed E-state index contributed by atoms with van der Waals surface area (Å²) in [7, 11) is -3.62. The molecule has 0 bridgehead atoms. The number of nitrogens with zero attached hydrogens (tertiary/aromatic N) is 1. The number of piperidine rings is 1. The number of rotatable bonds is 8. The van der Waals surface area contributed by atoms with Crippen molar-refractivity contribution in [3.05, 3.63) is 29.5 Å². The number of carbonyl (C=O) groups is 1. The van der Waals surface area contributed by atoms with Gasteiger partial charge in [-0.05, 0) is 64.4 Å². The average Bonchev–Trinajstić information content (AvgIpc) is 3.05. The van der Waals surface area contributed by atoms with Gasteiger partial charge in [0, 0.05) is 30.1 Å². The number of hydrogen-bond donors (Lipinski definition) is 2. The molecule has 160 valence electrons. The summed E-state index contributed by atoms with van der Waals surface area (Å²) >= 11 is 0. The fraction of sp³-hybridized carbons (Fsp3) is 0.571. The number of benzene rings is 1. The van der Waals surface area contributed by atoms with E-state index in [0.717, 1.165) is 19.5 Å². The van der Waals surface area contributed by atoms with E-state index >= 15 is 0 Å². The second-order valence-corrected chi connectivity index (χ2v) is 9.56. The molecular weight excluding hydrogens is 390 g/mol. The summed E-state index contributed by atoms with van der Waals surface area (Å²) in [6, 6.07) is 4.75. The molecule has 1 unspecified atom stereocenters. The van der Waals surface area contributed by atoms with Gasteiger partial charge in [-0.2, -0.15) is 0 Å². The average molecular weight is 422 g/mol. The van der Waals surface area contributed by atoms with Crippen molar-refractivity contribution in [2.75, 3.05) is 26.2 Å². The molecule has 2 N–H and O–H groups in total. The molecule has 0 saturated carbocycles. The SMILES string of the molecule is CCC(C)NC(=O)c1oc2ccc(S(=O)(=O)NCCN3CCCCC3)cc2c1C. The summed E-state index contributed by atoms with van der Waals surface area (Å²) in [4.78, 5) is 14.9. The fourth-order valence-electron chi connectivity index (χ4n) is 3.58. The van der Waals surface area contributed by atoms with Crippen LogP contribution in [0.2, 0.25) is 0 Å². The molecule has 0 spiro atoms. The molecule has 1 aromatic carbocycles. The van der Waals surface area contributed by atoms with Crippen LogP contribution >= 0.6 is 0 Å². The van der Waals surface area contributed by atoms with Crippen LogP contribution < -0.4 is 10.0 Å². The highest BCUT2D eigenvalue weighted by atomic mass is 32.2. The quantitative estimate of drug-likeness (QED) is 0.684. The van der Waals surface area contributed by atoms with Crippen LogP contribution in [0.1, 0.15) is 55.6 Å². The van der Waals surface area contributed by atoms with Crippen molar-refractivity contribution < 1.29 is 17.6 Å². The molecular formula is C21H31N3O4S. The number of aryl methyl sites for hydroxylation is 1. The minimum absolute atomic E-state index is 0.0372. The Morgan fingerprint density at radius 2 is 1.97 bits per heavy atom. The zero-order chi connectivity index (χ0) is 21.0. The van der Waals surface area contributed by atoms with Gasteiger partial charge in [-0.1, -0.05) is 13.3 Å². The zero-order valence-corrected chi connectivity index (χ0v) is 18.3. The molecule has 29 heavy (non-hydrogen) atoms. The van der Waals surface area contributed by atoms with Crippen molar-refractivity contribution in [1.29, 1.82) is 0 Å². The van der Waals surface area contributed by atoms with Gasteiger partial charge >= 0.3 is 0 Å². The summed E-state index contributed by atoms with van der Waals surface area (Å²) in [5.74, 6) is -0.0509. The molecule has 1 atom stereocenters. The molecule has 0 aliphatic carbocycles. The van der Waals surface area contributed by atoms with Gasteiger partial charge in [-0.3, -0.25) is 4.79 Å². The zero-order valence-electron chi connectivity index (χ0n) is 17.5. The Hall–Kier alpha value is -1.90. The predicted octanol–water partition coefficient (Wildman–Crippen LogP) is 3.03. The van der Waals surface area contributed by atoms with Gasteiger partial charge in [-0.15, -0.1) is 0 Å². The molecule has 7 nitrogen and oxygen atoms in total. The lowest BCUT2D eigenvalue weighted by molar-refractivity contribution is 0.0912. The van der Waals surface area contributed by atoms with E-state index in [-0.39, 0.29) is 22.6 Å². The van der Waals surface area contributed by atoms with Crippen LogP contribution in [-0.4, -0.2) is 51.4 Å². The van der Waals surface area contributed by atoms with E-state index in [1.54, 1.807) is 19.1 Å².